The Morgan fingerprint density at radius 1 is 1.14 bits per heavy atom. The van der Waals surface area contributed by atoms with Crippen LogP contribution in [0.15, 0.2) is 30.3 Å². The van der Waals surface area contributed by atoms with E-state index in [4.69, 9.17) is 5.73 Å². The van der Waals surface area contributed by atoms with Crippen LogP contribution in [0.5, 0.6) is 0 Å². The summed E-state index contributed by atoms with van der Waals surface area (Å²) in [6.45, 7) is 1.86. The Bertz CT molecular complexity index is 465. The number of carbonyl (C=O) groups excluding carboxylic acids is 2. The fraction of sp³-hybridized carbons (Fsp3) is 0.467. The summed E-state index contributed by atoms with van der Waals surface area (Å²) in [6, 6.07) is 9.13. The van der Waals surface area contributed by atoms with Crippen molar-refractivity contribution >= 4 is 24.2 Å². The van der Waals surface area contributed by atoms with Crippen LogP contribution in [0, 0.1) is 5.92 Å². The molecule has 0 bridgehead atoms. The molecule has 1 aromatic carbocycles. The van der Waals surface area contributed by atoms with E-state index < -0.39 is 0 Å². The molecule has 1 aromatic rings. The molecule has 2 amide bonds. The lowest BCUT2D eigenvalue weighted by molar-refractivity contribution is -0.140. The minimum absolute atomic E-state index is 0. The van der Waals surface area contributed by atoms with Crippen molar-refractivity contribution in [2.45, 2.75) is 13.0 Å². The summed E-state index contributed by atoms with van der Waals surface area (Å²) in [7, 11) is 4.96. The zero-order valence-corrected chi connectivity index (χ0v) is 13.8. The lowest BCUT2D eigenvalue weighted by Crippen LogP contribution is -2.42. The van der Waals surface area contributed by atoms with Gasteiger partial charge in [0.25, 0.3) is 0 Å². The highest BCUT2D eigenvalue weighted by atomic mass is 35.5. The maximum atomic E-state index is 12.3. The van der Waals surface area contributed by atoms with Crippen LogP contribution < -0.4 is 5.73 Å². The van der Waals surface area contributed by atoms with Gasteiger partial charge in [0.15, 0.2) is 0 Å². The second-order valence-electron chi connectivity index (χ2n) is 5.21. The number of carbonyl (C=O) groups is 2. The standard InChI is InChI=1S/C15H23N3O2.ClH/c1-11(14(16)12-8-6-5-7-9-12)15(20)18(4)10-13(19)17(2)3;/h5-9,11,14H,10,16H2,1-4H3;1H. The quantitative estimate of drug-likeness (QED) is 0.891. The van der Waals surface area contributed by atoms with Gasteiger partial charge in [-0.3, -0.25) is 9.59 Å². The topological polar surface area (TPSA) is 66.6 Å². The second kappa shape index (κ2) is 8.64. The first-order chi connectivity index (χ1) is 9.34. The van der Waals surface area contributed by atoms with Gasteiger partial charge < -0.3 is 15.5 Å². The molecular formula is C15H24ClN3O2. The lowest BCUT2D eigenvalue weighted by atomic mass is 9.94. The van der Waals surface area contributed by atoms with Crippen LogP contribution in [0.1, 0.15) is 18.5 Å². The second-order valence-corrected chi connectivity index (χ2v) is 5.21. The van der Waals surface area contributed by atoms with Crippen LogP contribution in [0.4, 0.5) is 0 Å². The van der Waals surface area contributed by atoms with Gasteiger partial charge in [0.2, 0.25) is 11.8 Å². The van der Waals surface area contributed by atoms with Crippen LogP contribution in [0.25, 0.3) is 0 Å². The van der Waals surface area contributed by atoms with Gasteiger partial charge in [0.05, 0.1) is 12.5 Å². The average molecular weight is 314 g/mol. The molecule has 5 nitrogen and oxygen atoms in total. The van der Waals surface area contributed by atoms with E-state index in [1.165, 1.54) is 9.80 Å². The zero-order valence-electron chi connectivity index (χ0n) is 12.9. The van der Waals surface area contributed by atoms with Gasteiger partial charge in [-0.25, -0.2) is 0 Å². The monoisotopic (exact) mass is 313 g/mol. The van der Waals surface area contributed by atoms with E-state index >= 15 is 0 Å². The van der Waals surface area contributed by atoms with Gasteiger partial charge in [-0.05, 0) is 5.56 Å². The highest BCUT2D eigenvalue weighted by Crippen LogP contribution is 2.20. The van der Waals surface area contributed by atoms with Crippen molar-refractivity contribution in [2.75, 3.05) is 27.7 Å². The lowest BCUT2D eigenvalue weighted by Gasteiger charge is -2.26. The summed E-state index contributed by atoms with van der Waals surface area (Å²) in [5, 5.41) is 0. The van der Waals surface area contributed by atoms with E-state index in [9.17, 15) is 9.59 Å². The molecule has 21 heavy (non-hydrogen) atoms. The molecule has 0 aliphatic heterocycles. The van der Waals surface area contributed by atoms with E-state index in [-0.39, 0.29) is 42.7 Å². The molecule has 118 valence electrons. The van der Waals surface area contributed by atoms with Gasteiger partial charge in [-0.2, -0.15) is 0 Å². The van der Waals surface area contributed by atoms with Crippen molar-refractivity contribution in [1.82, 2.24) is 9.80 Å². The van der Waals surface area contributed by atoms with Gasteiger partial charge >= 0.3 is 0 Å². The van der Waals surface area contributed by atoms with Crippen molar-refractivity contribution in [2.24, 2.45) is 11.7 Å². The summed E-state index contributed by atoms with van der Waals surface area (Å²) in [5.74, 6) is -0.616. The van der Waals surface area contributed by atoms with Gasteiger partial charge in [-0.15, -0.1) is 12.4 Å². The third kappa shape index (κ3) is 5.36. The van der Waals surface area contributed by atoms with Gasteiger partial charge in [0, 0.05) is 27.2 Å². The normalized spacial score (nSPS) is 12.8. The number of halogens is 1. The molecule has 0 aromatic heterocycles. The van der Waals surface area contributed by atoms with Crippen LogP contribution in [0.3, 0.4) is 0 Å². The Labute approximate surface area is 132 Å². The van der Waals surface area contributed by atoms with Crippen molar-refractivity contribution < 1.29 is 9.59 Å². The zero-order chi connectivity index (χ0) is 15.3. The number of nitrogens with zero attached hydrogens (tertiary/aromatic N) is 2. The van der Waals surface area contributed by atoms with Crippen molar-refractivity contribution in [1.29, 1.82) is 0 Å². The summed E-state index contributed by atoms with van der Waals surface area (Å²) in [6.07, 6.45) is 0. The molecule has 6 heteroatoms. The number of hydrogen-bond acceptors (Lipinski definition) is 3. The molecule has 0 heterocycles. The average Bonchev–Trinajstić information content (AvgIpc) is 2.45. The number of benzene rings is 1. The largest absolute Gasteiger partial charge is 0.347 e. The highest BCUT2D eigenvalue weighted by molar-refractivity contribution is 5.86. The van der Waals surface area contributed by atoms with E-state index in [0.29, 0.717) is 0 Å². The minimum atomic E-state index is -0.377. The molecule has 2 atom stereocenters. The van der Waals surface area contributed by atoms with Crippen molar-refractivity contribution in [3.8, 4) is 0 Å². The third-order valence-electron chi connectivity index (χ3n) is 3.36. The minimum Gasteiger partial charge on any atom is -0.347 e. The molecule has 0 aliphatic carbocycles. The summed E-state index contributed by atoms with van der Waals surface area (Å²) in [5.41, 5.74) is 7.04. The molecule has 0 saturated heterocycles. The Balaban J connectivity index is 0.00000400. The maximum Gasteiger partial charge on any atom is 0.241 e. The number of amides is 2. The van der Waals surface area contributed by atoms with E-state index in [1.807, 2.05) is 30.3 Å². The fourth-order valence-electron chi connectivity index (χ4n) is 1.89. The smallest absolute Gasteiger partial charge is 0.241 e. The molecule has 0 fully saturated rings. The molecule has 1 rings (SSSR count). The molecular weight excluding hydrogens is 290 g/mol. The molecule has 0 radical (unpaired) electrons. The first-order valence-corrected chi connectivity index (χ1v) is 6.60. The van der Waals surface area contributed by atoms with E-state index in [2.05, 4.69) is 0 Å². The molecule has 2 N–H and O–H groups in total. The Hall–Kier alpha value is -1.59. The van der Waals surface area contributed by atoms with Crippen molar-refractivity contribution in [3.63, 3.8) is 0 Å². The highest BCUT2D eigenvalue weighted by Gasteiger charge is 2.26. The van der Waals surface area contributed by atoms with Crippen molar-refractivity contribution in [3.05, 3.63) is 35.9 Å². The SMILES string of the molecule is CC(C(=O)N(C)CC(=O)N(C)C)C(N)c1ccccc1.Cl. The fourth-order valence-corrected chi connectivity index (χ4v) is 1.89. The third-order valence-corrected chi connectivity index (χ3v) is 3.36. The predicted molar refractivity (Wildman–Crippen MR) is 86.1 cm³/mol. The van der Waals surface area contributed by atoms with Gasteiger partial charge in [-0.1, -0.05) is 37.3 Å². The van der Waals surface area contributed by atoms with Crippen LogP contribution in [0.2, 0.25) is 0 Å². The molecule has 0 spiro atoms. The number of likely N-dealkylation sites (N-methyl/N-ethyl adjacent to an activating group) is 2. The summed E-state index contributed by atoms with van der Waals surface area (Å²) < 4.78 is 0. The summed E-state index contributed by atoms with van der Waals surface area (Å²) >= 11 is 0. The molecule has 2 unspecified atom stereocenters. The Morgan fingerprint density at radius 3 is 2.14 bits per heavy atom. The first kappa shape index (κ1) is 19.4. The molecule has 0 aliphatic rings. The van der Waals surface area contributed by atoms with Crippen LogP contribution in [-0.2, 0) is 9.59 Å². The van der Waals surface area contributed by atoms with E-state index in [0.717, 1.165) is 5.56 Å². The number of nitrogens with two attached hydrogens (primary N) is 1. The van der Waals surface area contributed by atoms with Gasteiger partial charge in [0.1, 0.15) is 0 Å². The van der Waals surface area contributed by atoms with E-state index in [1.54, 1.807) is 28.1 Å². The Kier molecular flexibility index (Phi) is 7.99. The van der Waals surface area contributed by atoms with Crippen LogP contribution >= 0.6 is 12.4 Å². The molecule has 0 saturated carbocycles. The first-order valence-electron chi connectivity index (χ1n) is 6.60. The number of hydrogen-bond donors (Lipinski definition) is 1. The Morgan fingerprint density at radius 2 is 1.67 bits per heavy atom. The summed E-state index contributed by atoms with van der Waals surface area (Å²) in [4.78, 5) is 26.8. The van der Waals surface area contributed by atoms with Crippen LogP contribution in [-0.4, -0.2) is 49.3 Å². The number of rotatable bonds is 5. The maximum absolute atomic E-state index is 12.3. The predicted octanol–water partition coefficient (Wildman–Crippen LogP) is 1.29.